The maximum absolute atomic E-state index is 13.0. The molecule has 2 fully saturated rings. The first kappa shape index (κ1) is 15.3. The van der Waals surface area contributed by atoms with Gasteiger partial charge in [-0.25, -0.2) is 5.10 Å². The second-order valence-corrected chi connectivity index (χ2v) is 6.62. The van der Waals surface area contributed by atoms with Crippen LogP contribution in [0.15, 0.2) is 6.33 Å². The number of anilines is 1. The Kier molecular flexibility index (Phi) is 4.33. The van der Waals surface area contributed by atoms with Crippen LogP contribution in [0.3, 0.4) is 0 Å². The lowest BCUT2D eigenvalue weighted by Gasteiger charge is -2.43. The van der Waals surface area contributed by atoms with Crippen molar-refractivity contribution in [3.05, 3.63) is 6.33 Å². The number of H-pyrrole nitrogens is 1. The van der Waals surface area contributed by atoms with Gasteiger partial charge < -0.3 is 14.7 Å². The van der Waals surface area contributed by atoms with Crippen LogP contribution >= 0.6 is 0 Å². The molecule has 1 aromatic rings. The van der Waals surface area contributed by atoms with Crippen molar-refractivity contribution in [2.45, 2.75) is 26.7 Å². The van der Waals surface area contributed by atoms with Gasteiger partial charge in [0.2, 0.25) is 11.9 Å². The van der Waals surface area contributed by atoms with Crippen LogP contribution in [0.2, 0.25) is 0 Å². The number of nitrogens with one attached hydrogen (secondary N) is 1. The molecule has 7 nitrogen and oxygen atoms in total. The van der Waals surface area contributed by atoms with Crippen LogP contribution in [-0.4, -0.2) is 76.7 Å². The monoisotopic (exact) mass is 306 g/mol. The lowest BCUT2D eigenvalue weighted by molar-refractivity contribution is -0.144. The maximum Gasteiger partial charge on any atom is 0.229 e. The fourth-order valence-electron chi connectivity index (χ4n) is 3.64. The zero-order chi connectivity index (χ0) is 15.6. The smallest absolute Gasteiger partial charge is 0.229 e. The summed E-state index contributed by atoms with van der Waals surface area (Å²) in [5, 5.41) is 6.78. The molecule has 1 N–H and O–H groups in total. The SMILES string of the molecule is CCN1CCCC(C)(C(=O)N2CCN(c3ncn[nH]3)CC2)C1. The van der Waals surface area contributed by atoms with Crippen molar-refractivity contribution in [3.63, 3.8) is 0 Å². The summed E-state index contributed by atoms with van der Waals surface area (Å²) in [6.07, 6.45) is 3.65. The molecule has 1 amide bonds. The number of piperidine rings is 1. The summed E-state index contributed by atoms with van der Waals surface area (Å²) in [6, 6.07) is 0. The fourth-order valence-corrected chi connectivity index (χ4v) is 3.64. The second kappa shape index (κ2) is 6.24. The minimum Gasteiger partial charge on any atom is -0.339 e. The molecule has 7 heteroatoms. The first-order valence-corrected chi connectivity index (χ1v) is 8.24. The van der Waals surface area contributed by atoms with E-state index in [9.17, 15) is 4.79 Å². The van der Waals surface area contributed by atoms with Gasteiger partial charge in [-0.15, -0.1) is 0 Å². The molecule has 122 valence electrons. The molecular formula is C15H26N6O. The molecular weight excluding hydrogens is 280 g/mol. The molecule has 1 aromatic heterocycles. The van der Waals surface area contributed by atoms with Crippen LogP contribution in [0.4, 0.5) is 5.95 Å². The first-order valence-electron chi connectivity index (χ1n) is 8.24. The minimum absolute atomic E-state index is 0.220. The standard InChI is InChI=1S/C15H26N6O/c1-3-19-6-4-5-15(2,11-19)13(22)20-7-9-21(10-8-20)14-16-12-17-18-14/h12H,3-11H2,1-2H3,(H,16,17,18). The number of aromatic amines is 1. The van der Waals surface area contributed by atoms with E-state index >= 15 is 0 Å². The lowest BCUT2D eigenvalue weighted by atomic mass is 9.80. The Morgan fingerprint density at radius 2 is 2.09 bits per heavy atom. The average molecular weight is 306 g/mol. The Balaban J connectivity index is 1.59. The highest BCUT2D eigenvalue weighted by Gasteiger charge is 2.40. The summed E-state index contributed by atoms with van der Waals surface area (Å²) < 4.78 is 0. The van der Waals surface area contributed by atoms with Gasteiger partial charge in [-0.3, -0.25) is 4.79 Å². The van der Waals surface area contributed by atoms with E-state index in [1.54, 1.807) is 0 Å². The Morgan fingerprint density at radius 1 is 1.32 bits per heavy atom. The van der Waals surface area contributed by atoms with E-state index < -0.39 is 0 Å². The highest BCUT2D eigenvalue weighted by Crippen LogP contribution is 2.32. The van der Waals surface area contributed by atoms with Gasteiger partial charge in [-0.05, 0) is 32.9 Å². The van der Waals surface area contributed by atoms with E-state index in [4.69, 9.17) is 0 Å². The molecule has 2 saturated heterocycles. The molecule has 0 spiro atoms. The molecule has 0 radical (unpaired) electrons. The van der Waals surface area contributed by atoms with Gasteiger partial charge in [0.25, 0.3) is 0 Å². The lowest BCUT2D eigenvalue weighted by Crippen LogP contribution is -2.56. The van der Waals surface area contributed by atoms with Gasteiger partial charge in [0, 0.05) is 32.7 Å². The molecule has 0 bridgehead atoms. The molecule has 1 unspecified atom stereocenters. The number of nitrogens with zero attached hydrogens (tertiary/aromatic N) is 5. The van der Waals surface area contributed by atoms with Gasteiger partial charge in [0.05, 0.1) is 5.41 Å². The maximum atomic E-state index is 13.0. The predicted octanol–water partition coefficient (Wildman–Crippen LogP) is 0.575. The van der Waals surface area contributed by atoms with Crippen molar-refractivity contribution in [3.8, 4) is 0 Å². The van der Waals surface area contributed by atoms with Crippen molar-refractivity contribution < 1.29 is 4.79 Å². The Morgan fingerprint density at radius 3 is 2.73 bits per heavy atom. The summed E-state index contributed by atoms with van der Waals surface area (Å²) in [5.74, 6) is 1.12. The van der Waals surface area contributed by atoms with E-state index in [1.165, 1.54) is 6.33 Å². The van der Waals surface area contributed by atoms with Gasteiger partial charge >= 0.3 is 0 Å². The number of hydrogen-bond donors (Lipinski definition) is 1. The zero-order valence-corrected chi connectivity index (χ0v) is 13.6. The summed E-state index contributed by atoms with van der Waals surface area (Å²) >= 11 is 0. The van der Waals surface area contributed by atoms with Gasteiger partial charge in [-0.1, -0.05) is 6.92 Å². The van der Waals surface area contributed by atoms with Crippen molar-refractivity contribution in [1.82, 2.24) is 25.0 Å². The van der Waals surface area contributed by atoms with E-state index in [0.717, 1.165) is 64.6 Å². The van der Waals surface area contributed by atoms with Crippen molar-refractivity contribution in [2.75, 3.05) is 50.7 Å². The number of hydrogen-bond acceptors (Lipinski definition) is 5. The summed E-state index contributed by atoms with van der Waals surface area (Å²) in [7, 11) is 0. The van der Waals surface area contributed by atoms with Crippen LogP contribution in [0, 0.1) is 5.41 Å². The summed E-state index contributed by atoms with van der Waals surface area (Å²) in [6.45, 7) is 10.5. The van der Waals surface area contributed by atoms with Gasteiger partial charge in [0.1, 0.15) is 6.33 Å². The Hall–Kier alpha value is -1.63. The van der Waals surface area contributed by atoms with Crippen LogP contribution < -0.4 is 4.90 Å². The number of aromatic nitrogens is 3. The number of likely N-dealkylation sites (tertiary alicyclic amines) is 1. The third-order valence-electron chi connectivity index (χ3n) is 5.01. The zero-order valence-electron chi connectivity index (χ0n) is 13.6. The van der Waals surface area contributed by atoms with Crippen LogP contribution in [0.5, 0.6) is 0 Å². The largest absolute Gasteiger partial charge is 0.339 e. The van der Waals surface area contributed by atoms with Crippen molar-refractivity contribution >= 4 is 11.9 Å². The number of carbonyl (C=O) groups excluding carboxylic acids is 1. The molecule has 3 rings (SSSR count). The first-order chi connectivity index (χ1) is 10.6. The van der Waals surface area contributed by atoms with Crippen molar-refractivity contribution in [2.24, 2.45) is 5.41 Å². The molecule has 3 heterocycles. The van der Waals surface area contributed by atoms with Crippen LogP contribution in [0.25, 0.3) is 0 Å². The highest BCUT2D eigenvalue weighted by atomic mass is 16.2. The summed E-state index contributed by atoms with van der Waals surface area (Å²) in [4.78, 5) is 23.7. The Labute approximate surface area is 131 Å². The second-order valence-electron chi connectivity index (χ2n) is 6.62. The molecule has 2 aliphatic rings. The topological polar surface area (TPSA) is 68.4 Å². The third-order valence-corrected chi connectivity index (χ3v) is 5.01. The molecule has 0 aromatic carbocycles. The van der Waals surface area contributed by atoms with Crippen LogP contribution in [0.1, 0.15) is 26.7 Å². The number of amides is 1. The molecule has 1 atom stereocenters. The van der Waals surface area contributed by atoms with Crippen molar-refractivity contribution in [1.29, 1.82) is 0 Å². The highest BCUT2D eigenvalue weighted by molar-refractivity contribution is 5.83. The molecule has 2 aliphatic heterocycles. The van der Waals surface area contributed by atoms with E-state index in [-0.39, 0.29) is 5.41 Å². The average Bonchev–Trinajstić information content (AvgIpc) is 3.09. The third kappa shape index (κ3) is 2.95. The van der Waals surface area contributed by atoms with E-state index in [0.29, 0.717) is 5.91 Å². The quantitative estimate of drug-likeness (QED) is 0.884. The molecule has 22 heavy (non-hydrogen) atoms. The molecule has 0 aliphatic carbocycles. The number of carbonyl (C=O) groups is 1. The number of rotatable bonds is 3. The summed E-state index contributed by atoms with van der Waals surface area (Å²) in [5.41, 5.74) is -0.220. The predicted molar refractivity (Wildman–Crippen MR) is 84.6 cm³/mol. The van der Waals surface area contributed by atoms with Gasteiger partial charge in [0.15, 0.2) is 0 Å². The van der Waals surface area contributed by atoms with Gasteiger partial charge in [-0.2, -0.15) is 10.1 Å². The minimum atomic E-state index is -0.220. The van der Waals surface area contributed by atoms with Crippen LogP contribution in [-0.2, 0) is 4.79 Å². The normalized spacial score (nSPS) is 27.2. The Bertz CT molecular complexity index is 496. The molecule has 0 saturated carbocycles. The number of piperazine rings is 1. The fraction of sp³-hybridized carbons (Fsp3) is 0.800. The van der Waals surface area contributed by atoms with E-state index in [2.05, 4.69) is 38.8 Å². The van der Waals surface area contributed by atoms with E-state index in [1.807, 2.05) is 4.90 Å².